The maximum Gasteiger partial charge on any atom is 0.326 e. The van der Waals surface area contributed by atoms with Gasteiger partial charge in [0.2, 0.25) is 0 Å². The van der Waals surface area contributed by atoms with E-state index in [0.717, 1.165) is 28.2 Å². The van der Waals surface area contributed by atoms with Gasteiger partial charge in [0, 0.05) is 9.86 Å². The molecule has 0 unspecified atom stereocenters. The average Bonchev–Trinajstić information content (AvgIpc) is 2.43. The SMILES string of the molecule is CCCC[C@H](Nc1ncnc2ccc(Br)cc12)C(=O)O. The molecular weight excluding hydrogens is 322 g/mol. The number of anilines is 1. The summed E-state index contributed by atoms with van der Waals surface area (Å²) in [4.78, 5) is 19.6. The molecule has 20 heavy (non-hydrogen) atoms. The van der Waals surface area contributed by atoms with Gasteiger partial charge in [0.15, 0.2) is 0 Å². The topological polar surface area (TPSA) is 75.1 Å². The highest BCUT2D eigenvalue weighted by molar-refractivity contribution is 9.10. The lowest BCUT2D eigenvalue weighted by Gasteiger charge is -2.15. The van der Waals surface area contributed by atoms with Gasteiger partial charge in [0.1, 0.15) is 18.2 Å². The van der Waals surface area contributed by atoms with Gasteiger partial charge in [-0.05, 0) is 24.6 Å². The predicted molar refractivity (Wildman–Crippen MR) is 81.8 cm³/mol. The van der Waals surface area contributed by atoms with Gasteiger partial charge in [0.05, 0.1) is 5.52 Å². The molecule has 1 atom stereocenters. The Balaban J connectivity index is 2.31. The van der Waals surface area contributed by atoms with Crippen LogP contribution < -0.4 is 5.32 Å². The van der Waals surface area contributed by atoms with Crippen LogP contribution in [0.15, 0.2) is 29.0 Å². The Hall–Kier alpha value is -1.69. The Morgan fingerprint density at radius 1 is 1.45 bits per heavy atom. The van der Waals surface area contributed by atoms with Crippen molar-refractivity contribution in [2.75, 3.05) is 5.32 Å². The zero-order valence-electron chi connectivity index (χ0n) is 11.1. The molecule has 0 bridgehead atoms. The van der Waals surface area contributed by atoms with Gasteiger partial charge >= 0.3 is 5.97 Å². The summed E-state index contributed by atoms with van der Waals surface area (Å²) in [5.74, 6) is -0.306. The fourth-order valence-corrected chi connectivity index (χ4v) is 2.34. The second-order valence-corrected chi connectivity index (χ2v) is 5.48. The van der Waals surface area contributed by atoms with Gasteiger partial charge in [-0.1, -0.05) is 35.7 Å². The lowest BCUT2D eigenvalue weighted by atomic mass is 10.1. The minimum absolute atomic E-state index is 0.555. The van der Waals surface area contributed by atoms with E-state index >= 15 is 0 Å². The molecule has 0 saturated carbocycles. The number of fused-ring (bicyclic) bond motifs is 1. The van der Waals surface area contributed by atoms with Crippen LogP contribution in [0.1, 0.15) is 26.2 Å². The molecule has 1 heterocycles. The predicted octanol–water partition coefficient (Wildman–Crippen LogP) is 3.45. The summed E-state index contributed by atoms with van der Waals surface area (Å²) in [6.45, 7) is 2.04. The molecule has 1 aromatic heterocycles. The van der Waals surface area contributed by atoms with E-state index in [4.69, 9.17) is 0 Å². The summed E-state index contributed by atoms with van der Waals surface area (Å²) in [5.41, 5.74) is 0.783. The number of halogens is 1. The monoisotopic (exact) mass is 337 g/mol. The number of carbonyl (C=O) groups is 1. The largest absolute Gasteiger partial charge is 0.480 e. The van der Waals surface area contributed by atoms with Gasteiger partial charge in [-0.2, -0.15) is 0 Å². The molecule has 0 saturated heterocycles. The summed E-state index contributed by atoms with van der Waals surface area (Å²) < 4.78 is 0.906. The standard InChI is InChI=1S/C14H16BrN3O2/c1-2-3-4-12(14(19)20)18-13-10-7-9(15)5-6-11(10)16-8-17-13/h5-8,12H,2-4H2,1H3,(H,19,20)(H,16,17,18)/t12-/m0/s1. The van der Waals surface area contributed by atoms with E-state index < -0.39 is 12.0 Å². The number of nitrogens with zero attached hydrogens (tertiary/aromatic N) is 2. The highest BCUT2D eigenvalue weighted by Gasteiger charge is 2.18. The van der Waals surface area contributed by atoms with Crippen LogP contribution in [0.25, 0.3) is 10.9 Å². The maximum atomic E-state index is 11.3. The van der Waals surface area contributed by atoms with Crippen molar-refractivity contribution in [2.45, 2.75) is 32.2 Å². The van der Waals surface area contributed by atoms with Crippen molar-refractivity contribution in [2.24, 2.45) is 0 Å². The van der Waals surface area contributed by atoms with E-state index in [1.54, 1.807) is 0 Å². The molecule has 0 fully saturated rings. The molecule has 6 heteroatoms. The van der Waals surface area contributed by atoms with Crippen LogP contribution >= 0.6 is 15.9 Å². The van der Waals surface area contributed by atoms with Crippen molar-refractivity contribution in [1.82, 2.24) is 9.97 Å². The van der Waals surface area contributed by atoms with Crippen molar-refractivity contribution in [3.05, 3.63) is 29.0 Å². The number of carboxylic acids is 1. The summed E-state index contributed by atoms with van der Waals surface area (Å²) >= 11 is 3.40. The third kappa shape index (κ3) is 3.45. The second-order valence-electron chi connectivity index (χ2n) is 4.56. The van der Waals surface area contributed by atoms with Gasteiger partial charge in [-0.15, -0.1) is 0 Å². The summed E-state index contributed by atoms with van der Waals surface area (Å²) in [5, 5.41) is 13.1. The smallest absolute Gasteiger partial charge is 0.326 e. The highest BCUT2D eigenvalue weighted by Crippen LogP contribution is 2.24. The van der Waals surface area contributed by atoms with Crippen LogP contribution in [0.2, 0.25) is 0 Å². The number of unbranched alkanes of at least 4 members (excludes halogenated alkanes) is 1. The van der Waals surface area contributed by atoms with Crippen LogP contribution in [0.4, 0.5) is 5.82 Å². The molecule has 2 aromatic rings. The van der Waals surface area contributed by atoms with Crippen molar-refractivity contribution in [3.63, 3.8) is 0 Å². The molecule has 0 aliphatic heterocycles. The Morgan fingerprint density at radius 3 is 2.95 bits per heavy atom. The molecule has 0 amide bonds. The Kier molecular flexibility index (Phi) is 4.89. The van der Waals surface area contributed by atoms with Crippen molar-refractivity contribution < 1.29 is 9.90 Å². The Labute approximate surface area is 125 Å². The third-order valence-corrected chi connectivity index (χ3v) is 3.55. The van der Waals surface area contributed by atoms with Crippen LogP contribution in [-0.4, -0.2) is 27.1 Å². The number of hydrogen-bond acceptors (Lipinski definition) is 4. The van der Waals surface area contributed by atoms with Crippen LogP contribution in [0.5, 0.6) is 0 Å². The first kappa shape index (κ1) is 14.7. The first-order valence-electron chi connectivity index (χ1n) is 6.51. The van der Waals surface area contributed by atoms with E-state index in [0.29, 0.717) is 12.2 Å². The van der Waals surface area contributed by atoms with Crippen LogP contribution in [-0.2, 0) is 4.79 Å². The molecule has 0 radical (unpaired) electrons. The van der Waals surface area contributed by atoms with E-state index in [9.17, 15) is 9.90 Å². The molecular formula is C14H16BrN3O2. The molecule has 2 rings (SSSR count). The van der Waals surface area contributed by atoms with Gasteiger partial charge < -0.3 is 10.4 Å². The average molecular weight is 338 g/mol. The van der Waals surface area contributed by atoms with Crippen molar-refractivity contribution in [3.8, 4) is 0 Å². The van der Waals surface area contributed by atoms with Crippen molar-refractivity contribution in [1.29, 1.82) is 0 Å². The first-order valence-corrected chi connectivity index (χ1v) is 7.30. The highest BCUT2D eigenvalue weighted by atomic mass is 79.9. The minimum atomic E-state index is -0.861. The number of benzene rings is 1. The van der Waals surface area contributed by atoms with Gasteiger partial charge in [-0.3, -0.25) is 0 Å². The van der Waals surface area contributed by atoms with Gasteiger partial charge in [-0.25, -0.2) is 14.8 Å². The van der Waals surface area contributed by atoms with E-state index in [2.05, 4.69) is 31.2 Å². The number of carboxylic acid groups (broad SMARTS) is 1. The first-order chi connectivity index (χ1) is 9.61. The molecule has 0 aliphatic rings. The van der Waals surface area contributed by atoms with E-state index in [-0.39, 0.29) is 0 Å². The lowest BCUT2D eigenvalue weighted by Crippen LogP contribution is -2.29. The molecule has 0 aliphatic carbocycles. The normalized spacial score (nSPS) is 12.3. The van der Waals surface area contributed by atoms with Crippen molar-refractivity contribution >= 4 is 38.6 Å². The number of aromatic nitrogens is 2. The quantitative estimate of drug-likeness (QED) is 0.844. The summed E-state index contributed by atoms with van der Waals surface area (Å²) in [6.07, 6.45) is 3.83. The minimum Gasteiger partial charge on any atom is -0.480 e. The number of rotatable bonds is 6. The fourth-order valence-electron chi connectivity index (χ4n) is 1.97. The zero-order valence-corrected chi connectivity index (χ0v) is 12.7. The van der Waals surface area contributed by atoms with E-state index in [1.165, 1.54) is 6.33 Å². The van der Waals surface area contributed by atoms with E-state index in [1.807, 2.05) is 25.1 Å². The molecule has 1 aromatic carbocycles. The maximum absolute atomic E-state index is 11.3. The molecule has 0 spiro atoms. The molecule has 5 nitrogen and oxygen atoms in total. The fraction of sp³-hybridized carbons (Fsp3) is 0.357. The molecule has 2 N–H and O–H groups in total. The number of aliphatic carboxylic acids is 1. The Morgan fingerprint density at radius 2 is 2.25 bits per heavy atom. The van der Waals surface area contributed by atoms with Crippen LogP contribution in [0, 0.1) is 0 Å². The summed E-state index contributed by atoms with van der Waals surface area (Å²) in [7, 11) is 0. The number of nitrogens with one attached hydrogen (secondary N) is 1. The van der Waals surface area contributed by atoms with Crippen LogP contribution in [0.3, 0.4) is 0 Å². The lowest BCUT2D eigenvalue weighted by molar-refractivity contribution is -0.138. The molecule has 106 valence electrons. The summed E-state index contributed by atoms with van der Waals surface area (Å²) in [6, 6.07) is 5.02. The number of hydrogen-bond donors (Lipinski definition) is 2. The Bertz CT molecular complexity index is 618. The zero-order chi connectivity index (χ0) is 14.5. The van der Waals surface area contributed by atoms with Gasteiger partial charge in [0.25, 0.3) is 0 Å². The third-order valence-electron chi connectivity index (χ3n) is 3.05. The second kappa shape index (κ2) is 6.65.